The van der Waals surface area contributed by atoms with Crippen LogP contribution in [-0.2, 0) is 20.9 Å². The predicted octanol–water partition coefficient (Wildman–Crippen LogP) is 0.377. The summed E-state index contributed by atoms with van der Waals surface area (Å²) in [4.78, 5) is 26.3. The van der Waals surface area contributed by atoms with E-state index in [1.807, 2.05) is 4.90 Å². The Kier molecular flexibility index (Phi) is 4.08. The molecule has 1 aromatic carbocycles. The van der Waals surface area contributed by atoms with Crippen LogP contribution in [0.2, 0.25) is 0 Å². The van der Waals surface area contributed by atoms with E-state index in [1.54, 1.807) is 26.0 Å². The van der Waals surface area contributed by atoms with Crippen LogP contribution in [0.1, 0.15) is 19.4 Å². The molecule has 0 aromatic heterocycles. The molecule has 2 aliphatic rings. The van der Waals surface area contributed by atoms with Gasteiger partial charge in [0.2, 0.25) is 5.91 Å². The van der Waals surface area contributed by atoms with Crippen molar-refractivity contribution in [3.63, 3.8) is 0 Å². The first kappa shape index (κ1) is 15.9. The third kappa shape index (κ3) is 3.07. The Morgan fingerprint density at radius 3 is 2.78 bits per heavy atom. The molecule has 124 valence electrons. The summed E-state index contributed by atoms with van der Waals surface area (Å²) in [5.41, 5.74) is 0.00920. The highest BCUT2D eigenvalue weighted by Gasteiger charge is 2.53. The number of nitrogens with zero attached hydrogens (tertiary/aromatic N) is 1. The highest BCUT2D eigenvalue weighted by Crippen LogP contribution is 2.32. The smallest absolute Gasteiger partial charge is 0.326 e. The molecule has 1 amide bonds. The molecule has 0 spiro atoms. The minimum absolute atomic E-state index is 0.182. The number of fused-ring (bicyclic) bond motifs is 1. The third-order valence-electron chi connectivity index (χ3n) is 4.27. The summed E-state index contributed by atoms with van der Waals surface area (Å²) in [5, 5.41) is 5.95. The van der Waals surface area contributed by atoms with Crippen molar-refractivity contribution in [2.75, 3.05) is 13.1 Å². The van der Waals surface area contributed by atoms with E-state index in [2.05, 4.69) is 10.6 Å². The number of amides is 1. The van der Waals surface area contributed by atoms with Crippen molar-refractivity contribution >= 4 is 11.9 Å². The fourth-order valence-corrected chi connectivity index (χ4v) is 3.21. The lowest BCUT2D eigenvalue weighted by Crippen LogP contribution is -2.65. The summed E-state index contributed by atoms with van der Waals surface area (Å²) in [5.74, 6) is -0.801. The molecule has 7 heteroatoms. The molecule has 2 saturated heterocycles. The summed E-state index contributed by atoms with van der Waals surface area (Å²) in [7, 11) is 0. The van der Waals surface area contributed by atoms with Gasteiger partial charge >= 0.3 is 5.97 Å². The minimum Gasteiger partial charge on any atom is -0.443 e. The summed E-state index contributed by atoms with van der Waals surface area (Å²) in [6, 6.07) is 5.04. The van der Waals surface area contributed by atoms with Gasteiger partial charge in [0.25, 0.3) is 0 Å². The number of halogens is 1. The Morgan fingerprint density at radius 2 is 2.09 bits per heavy atom. The molecular formula is C16H20FN3O3. The number of carbonyl (C=O) groups is 2. The highest BCUT2D eigenvalue weighted by atomic mass is 19.1. The van der Waals surface area contributed by atoms with E-state index >= 15 is 0 Å². The molecule has 1 aromatic rings. The van der Waals surface area contributed by atoms with Crippen LogP contribution >= 0.6 is 0 Å². The molecule has 2 atom stereocenters. The van der Waals surface area contributed by atoms with Gasteiger partial charge in [-0.05, 0) is 31.5 Å². The van der Waals surface area contributed by atoms with Gasteiger partial charge < -0.3 is 15.4 Å². The van der Waals surface area contributed by atoms with E-state index in [0.717, 1.165) is 5.56 Å². The van der Waals surface area contributed by atoms with Crippen molar-refractivity contribution in [1.82, 2.24) is 15.5 Å². The molecule has 2 unspecified atom stereocenters. The standard InChI is InChI=1S/C16H20FN3O3/c1-16(2)20-12(8-18-9-13(20)15(22)23-16)14(21)19-7-10-3-5-11(17)6-4-10/h3-6,12-13,18H,7-9H2,1-2H3,(H,19,21). The van der Waals surface area contributed by atoms with Crippen LogP contribution in [0, 0.1) is 5.82 Å². The number of carbonyl (C=O) groups excluding carboxylic acids is 2. The fraction of sp³-hybridized carbons (Fsp3) is 0.500. The fourth-order valence-electron chi connectivity index (χ4n) is 3.21. The van der Waals surface area contributed by atoms with Crippen molar-refractivity contribution in [3.8, 4) is 0 Å². The molecule has 0 saturated carbocycles. The number of benzene rings is 1. The average molecular weight is 321 g/mol. The Labute approximate surface area is 134 Å². The summed E-state index contributed by atoms with van der Waals surface area (Å²) in [6.45, 7) is 4.81. The normalized spacial score (nSPS) is 26.5. The minimum atomic E-state index is -0.804. The lowest BCUT2D eigenvalue weighted by Gasteiger charge is -2.40. The van der Waals surface area contributed by atoms with Crippen LogP contribution in [0.25, 0.3) is 0 Å². The Morgan fingerprint density at radius 1 is 1.39 bits per heavy atom. The lowest BCUT2D eigenvalue weighted by molar-refractivity contribution is -0.152. The topological polar surface area (TPSA) is 70.7 Å². The van der Waals surface area contributed by atoms with Crippen LogP contribution < -0.4 is 10.6 Å². The quantitative estimate of drug-likeness (QED) is 0.788. The van der Waals surface area contributed by atoms with E-state index < -0.39 is 17.8 Å². The zero-order valence-electron chi connectivity index (χ0n) is 13.1. The molecule has 2 N–H and O–H groups in total. The molecule has 0 radical (unpaired) electrons. The number of rotatable bonds is 3. The van der Waals surface area contributed by atoms with Crippen molar-refractivity contribution in [2.24, 2.45) is 0 Å². The van der Waals surface area contributed by atoms with Crippen LogP contribution in [0.5, 0.6) is 0 Å². The van der Waals surface area contributed by atoms with E-state index in [1.165, 1.54) is 12.1 Å². The second kappa shape index (κ2) is 5.90. The maximum atomic E-state index is 12.9. The zero-order valence-corrected chi connectivity index (χ0v) is 13.1. The highest BCUT2D eigenvalue weighted by molar-refractivity contribution is 5.85. The number of hydrogen-bond acceptors (Lipinski definition) is 5. The van der Waals surface area contributed by atoms with Gasteiger partial charge in [-0.3, -0.25) is 9.59 Å². The van der Waals surface area contributed by atoms with Gasteiger partial charge in [0.05, 0.1) is 0 Å². The molecular weight excluding hydrogens is 301 g/mol. The first-order chi connectivity index (χ1) is 10.9. The van der Waals surface area contributed by atoms with Crippen LogP contribution in [-0.4, -0.2) is 47.7 Å². The molecule has 2 heterocycles. The van der Waals surface area contributed by atoms with Gasteiger partial charge in [-0.1, -0.05) is 12.1 Å². The van der Waals surface area contributed by atoms with Crippen LogP contribution in [0.3, 0.4) is 0 Å². The Bertz CT molecular complexity index is 618. The molecule has 23 heavy (non-hydrogen) atoms. The van der Waals surface area contributed by atoms with Crippen molar-refractivity contribution in [3.05, 3.63) is 35.6 Å². The van der Waals surface area contributed by atoms with Crippen molar-refractivity contribution < 1.29 is 18.7 Å². The van der Waals surface area contributed by atoms with Crippen LogP contribution in [0.4, 0.5) is 4.39 Å². The average Bonchev–Trinajstić information content (AvgIpc) is 2.76. The SMILES string of the molecule is CC1(C)OC(=O)C2CNCC(C(=O)NCc3ccc(F)cc3)N21. The molecule has 2 fully saturated rings. The lowest BCUT2D eigenvalue weighted by atomic mass is 10.0. The predicted molar refractivity (Wildman–Crippen MR) is 80.7 cm³/mol. The summed E-state index contributed by atoms with van der Waals surface area (Å²) >= 11 is 0. The summed E-state index contributed by atoms with van der Waals surface area (Å²) < 4.78 is 18.3. The molecule has 3 rings (SSSR count). The molecule has 6 nitrogen and oxygen atoms in total. The Hall–Kier alpha value is -1.99. The second-order valence-corrected chi connectivity index (χ2v) is 6.31. The van der Waals surface area contributed by atoms with Gasteiger partial charge in [0, 0.05) is 19.6 Å². The Balaban J connectivity index is 1.68. The number of hydrogen-bond donors (Lipinski definition) is 2. The van der Waals surface area contributed by atoms with Gasteiger partial charge in [0.1, 0.15) is 17.9 Å². The first-order valence-corrected chi connectivity index (χ1v) is 7.62. The van der Waals surface area contributed by atoms with Gasteiger partial charge in [-0.15, -0.1) is 0 Å². The first-order valence-electron chi connectivity index (χ1n) is 7.62. The van der Waals surface area contributed by atoms with E-state index in [-0.39, 0.29) is 17.7 Å². The molecule has 0 aliphatic carbocycles. The van der Waals surface area contributed by atoms with Crippen molar-refractivity contribution in [2.45, 2.75) is 38.2 Å². The number of esters is 1. The van der Waals surface area contributed by atoms with Crippen LogP contribution in [0.15, 0.2) is 24.3 Å². The third-order valence-corrected chi connectivity index (χ3v) is 4.27. The largest absolute Gasteiger partial charge is 0.443 e. The number of piperazine rings is 1. The monoisotopic (exact) mass is 321 g/mol. The van der Waals surface area contributed by atoms with E-state index in [0.29, 0.717) is 19.6 Å². The zero-order chi connectivity index (χ0) is 16.6. The van der Waals surface area contributed by atoms with E-state index in [9.17, 15) is 14.0 Å². The second-order valence-electron chi connectivity index (χ2n) is 6.31. The van der Waals surface area contributed by atoms with Gasteiger partial charge in [0.15, 0.2) is 5.72 Å². The molecule has 2 aliphatic heterocycles. The number of ether oxygens (including phenoxy) is 1. The number of nitrogens with one attached hydrogen (secondary N) is 2. The maximum Gasteiger partial charge on any atom is 0.326 e. The van der Waals surface area contributed by atoms with Crippen molar-refractivity contribution in [1.29, 1.82) is 0 Å². The van der Waals surface area contributed by atoms with Gasteiger partial charge in [-0.2, -0.15) is 0 Å². The number of cyclic esters (lactones) is 1. The maximum absolute atomic E-state index is 12.9. The van der Waals surface area contributed by atoms with E-state index in [4.69, 9.17) is 4.74 Å². The van der Waals surface area contributed by atoms with Gasteiger partial charge in [-0.25, -0.2) is 9.29 Å². The summed E-state index contributed by atoms with van der Waals surface area (Å²) in [6.07, 6.45) is 0. The molecule has 0 bridgehead atoms.